The van der Waals surface area contributed by atoms with Gasteiger partial charge in [-0.1, -0.05) is 12.1 Å². The van der Waals surface area contributed by atoms with E-state index >= 15 is 0 Å². The fourth-order valence-corrected chi connectivity index (χ4v) is 1.14. The highest BCUT2D eigenvalue weighted by molar-refractivity contribution is 5.96. The van der Waals surface area contributed by atoms with Crippen molar-refractivity contribution < 1.29 is 4.79 Å². The molecule has 0 unspecified atom stereocenters. The molecule has 1 amide bonds. The zero-order valence-corrected chi connectivity index (χ0v) is 6.29. The van der Waals surface area contributed by atoms with E-state index < -0.39 is 5.91 Å². The molecule has 1 aromatic heterocycles. The van der Waals surface area contributed by atoms with E-state index in [2.05, 4.69) is 11.1 Å². The highest BCUT2D eigenvalue weighted by Crippen LogP contribution is 2.13. The number of H-pyrrole nitrogens is 1. The van der Waals surface area contributed by atoms with Crippen LogP contribution in [-0.4, -0.2) is 10.9 Å². The summed E-state index contributed by atoms with van der Waals surface area (Å²) in [6.07, 6.45) is 0. The number of benzene rings is 1. The van der Waals surface area contributed by atoms with Gasteiger partial charge in [0.15, 0.2) is 0 Å². The van der Waals surface area contributed by atoms with E-state index in [0.717, 1.165) is 10.9 Å². The molecule has 0 aliphatic heterocycles. The predicted molar refractivity (Wildman–Crippen MR) is 45.7 cm³/mol. The zero-order chi connectivity index (χ0) is 8.55. The Labute approximate surface area is 69.2 Å². The molecule has 3 heteroatoms. The monoisotopic (exact) mass is 159 g/mol. The van der Waals surface area contributed by atoms with Gasteiger partial charge in [0.2, 0.25) is 0 Å². The SMILES string of the molecule is NC(=O)c1cc2[c]cccc2[nH]1. The molecule has 2 rings (SSSR count). The molecule has 59 valence electrons. The number of hydrogen-bond donors (Lipinski definition) is 2. The number of aromatic amines is 1. The van der Waals surface area contributed by atoms with Crippen LogP contribution in [0.3, 0.4) is 0 Å². The number of primary amides is 1. The average molecular weight is 159 g/mol. The van der Waals surface area contributed by atoms with Crippen molar-refractivity contribution in [2.75, 3.05) is 0 Å². The summed E-state index contributed by atoms with van der Waals surface area (Å²) in [5.41, 5.74) is 6.40. The number of hydrogen-bond acceptors (Lipinski definition) is 1. The second-order valence-corrected chi connectivity index (χ2v) is 2.54. The van der Waals surface area contributed by atoms with Crippen LogP contribution in [0.1, 0.15) is 10.5 Å². The van der Waals surface area contributed by atoms with E-state index in [1.54, 1.807) is 12.1 Å². The van der Waals surface area contributed by atoms with Crippen LogP contribution in [0.2, 0.25) is 0 Å². The Bertz CT molecular complexity index is 398. The van der Waals surface area contributed by atoms with Crippen LogP contribution >= 0.6 is 0 Å². The molecule has 12 heavy (non-hydrogen) atoms. The number of carbonyl (C=O) groups excluding carboxylic acids is 1. The Hall–Kier alpha value is -1.77. The second kappa shape index (κ2) is 2.37. The third-order valence-electron chi connectivity index (χ3n) is 1.71. The molecular formula is C9H7N2O. The number of carbonyl (C=O) groups is 1. The number of amides is 1. The summed E-state index contributed by atoms with van der Waals surface area (Å²) < 4.78 is 0. The van der Waals surface area contributed by atoms with Gasteiger partial charge < -0.3 is 10.7 Å². The Morgan fingerprint density at radius 2 is 2.42 bits per heavy atom. The van der Waals surface area contributed by atoms with Crippen molar-refractivity contribution in [2.45, 2.75) is 0 Å². The molecule has 0 saturated carbocycles. The molecule has 0 aliphatic rings. The van der Waals surface area contributed by atoms with Crippen molar-refractivity contribution in [3.05, 3.63) is 36.0 Å². The smallest absolute Gasteiger partial charge is 0.265 e. The predicted octanol–water partition coefficient (Wildman–Crippen LogP) is 1.07. The maximum Gasteiger partial charge on any atom is 0.265 e. The van der Waals surface area contributed by atoms with Gasteiger partial charge in [-0.05, 0) is 18.2 Å². The normalized spacial score (nSPS) is 10.3. The van der Waals surface area contributed by atoms with Crippen LogP contribution in [0.25, 0.3) is 10.9 Å². The second-order valence-electron chi connectivity index (χ2n) is 2.54. The topological polar surface area (TPSA) is 58.9 Å². The fourth-order valence-electron chi connectivity index (χ4n) is 1.14. The number of aromatic nitrogens is 1. The molecule has 1 heterocycles. The van der Waals surface area contributed by atoms with Gasteiger partial charge in [0.05, 0.1) is 0 Å². The van der Waals surface area contributed by atoms with Gasteiger partial charge in [0, 0.05) is 10.9 Å². The number of nitrogens with two attached hydrogens (primary N) is 1. The number of rotatable bonds is 1. The Morgan fingerprint density at radius 1 is 1.58 bits per heavy atom. The van der Waals surface area contributed by atoms with E-state index in [1.807, 2.05) is 12.1 Å². The van der Waals surface area contributed by atoms with E-state index in [9.17, 15) is 4.79 Å². The summed E-state index contributed by atoms with van der Waals surface area (Å²) in [7, 11) is 0. The van der Waals surface area contributed by atoms with Crippen LogP contribution in [0.15, 0.2) is 24.3 Å². The van der Waals surface area contributed by atoms with Crippen molar-refractivity contribution in [2.24, 2.45) is 5.73 Å². The van der Waals surface area contributed by atoms with E-state index in [-0.39, 0.29) is 0 Å². The van der Waals surface area contributed by atoms with Gasteiger partial charge >= 0.3 is 0 Å². The molecule has 0 spiro atoms. The van der Waals surface area contributed by atoms with Gasteiger partial charge in [-0.15, -0.1) is 0 Å². The first-order valence-electron chi connectivity index (χ1n) is 3.56. The minimum Gasteiger partial charge on any atom is -0.364 e. The van der Waals surface area contributed by atoms with E-state index in [1.165, 1.54) is 0 Å². The van der Waals surface area contributed by atoms with Crippen molar-refractivity contribution in [3.8, 4) is 0 Å². The molecule has 0 aliphatic carbocycles. The Morgan fingerprint density at radius 3 is 3.08 bits per heavy atom. The summed E-state index contributed by atoms with van der Waals surface area (Å²) >= 11 is 0. The third kappa shape index (κ3) is 0.955. The van der Waals surface area contributed by atoms with Crippen LogP contribution in [0.5, 0.6) is 0 Å². The van der Waals surface area contributed by atoms with Crippen molar-refractivity contribution in [1.82, 2.24) is 4.98 Å². The van der Waals surface area contributed by atoms with Crippen LogP contribution < -0.4 is 5.73 Å². The van der Waals surface area contributed by atoms with Gasteiger partial charge in [-0.3, -0.25) is 4.79 Å². The lowest BCUT2D eigenvalue weighted by Crippen LogP contribution is -2.10. The van der Waals surface area contributed by atoms with E-state index in [4.69, 9.17) is 5.73 Å². The summed E-state index contributed by atoms with van der Waals surface area (Å²) in [6.45, 7) is 0. The van der Waals surface area contributed by atoms with Crippen LogP contribution in [0, 0.1) is 6.07 Å². The molecule has 0 fully saturated rings. The van der Waals surface area contributed by atoms with Gasteiger partial charge in [-0.2, -0.15) is 0 Å². The first-order chi connectivity index (χ1) is 5.77. The molecule has 1 aromatic carbocycles. The first kappa shape index (κ1) is 6.91. The minimum absolute atomic E-state index is 0.424. The minimum atomic E-state index is -0.445. The molecule has 2 aromatic rings. The highest BCUT2D eigenvalue weighted by Gasteiger charge is 2.03. The molecule has 0 bridgehead atoms. The summed E-state index contributed by atoms with van der Waals surface area (Å²) in [4.78, 5) is 13.6. The fraction of sp³-hybridized carbons (Fsp3) is 0. The van der Waals surface area contributed by atoms with Gasteiger partial charge in [0.25, 0.3) is 5.91 Å². The molecule has 3 nitrogen and oxygen atoms in total. The third-order valence-corrected chi connectivity index (χ3v) is 1.71. The van der Waals surface area contributed by atoms with Crippen LogP contribution in [0.4, 0.5) is 0 Å². The number of nitrogens with one attached hydrogen (secondary N) is 1. The highest BCUT2D eigenvalue weighted by atomic mass is 16.1. The summed E-state index contributed by atoms with van der Waals surface area (Å²) in [5.74, 6) is -0.445. The lowest BCUT2D eigenvalue weighted by molar-refractivity contribution is 0.0996. The molecule has 3 N–H and O–H groups in total. The van der Waals surface area contributed by atoms with Crippen molar-refractivity contribution in [1.29, 1.82) is 0 Å². The van der Waals surface area contributed by atoms with E-state index in [0.29, 0.717) is 5.69 Å². The maximum absolute atomic E-state index is 10.7. The maximum atomic E-state index is 10.7. The van der Waals surface area contributed by atoms with Crippen molar-refractivity contribution >= 4 is 16.8 Å². The van der Waals surface area contributed by atoms with Gasteiger partial charge in [0.1, 0.15) is 5.69 Å². The first-order valence-corrected chi connectivity index (χ1v) is 3.56. The molecule has 0 saturated heterocycles. The van der Waals surface area contributed by atoms with Crippen LogP contribution in [-0.2, 0) is 0 Å². The lowest BCUT2D eigenvalue weighted by Gasteiger charge is -1.84. The average Bonchev–Trinajstić information content (AvgIpc) is 2.46. The Kier molecular flexibility index (Phi) is 1.37. The number of fused-ring (bicyclic) bond motifs is 1. The van der Waals surface area contributed by atoms with Gasteiger partial charge in [-0.25, -0.2) is 0 Å². The largest absolute Gasteiger partial charge is 0.364 e. The standard InChI is InChI=1S/C9H7N2O/c10-9(12)8-5-6-3-1-2-4-7(6)11-8/h1-2,4-5,11H,(H2,10,12). The summed E-state index contributed by atoms with van der Waals surface area (Å²) in [5, 5.41) is 0.881. The lowest BCUT2D eigenvalue weighted by atomic mass is 10.2. The van der Waals surface area contributed by atoms with Crippen molar-refractivity contribution in [3.63, 3.8) is 0 Å². The molecule has 1 radical (unpaired) electrons. The quantitative estimate of drug-likeness (QED) is 0.642. The molecular weight excluding hydrogens is 152 g/mol. The molecule has 0 atom stereocenters. The zero-order valence-electron chi connectivity index (χ0n) is 6.29. The summed E-state index contributed by atoms with van der Waals surface area (Å²) in [6, 6.07) is 10.2. The Balaban J connectivity index is 2.70.